The van der Waals surface area contributed by atoms with E-state index in [9.17, 15) is 0 Å². The lowest BCUT2D eigenvalue weighted by atomic mass is 10.2. The molecule has 3 nitrogen and oxygen atoms in total. The molecule has 4 heteroatoms. The molecular formula is C13H13BrN2O. The van der Waals surface area contributed by atoms with Crippen LogP contribution >= 0.6 is 15.9 Å². The molecule has 0 aliphatic carbocycles. The number of pyridine rings is 2. The summed E-state index contributed by atoms with van der Waals surface area (Å²) in [7, 11) is 0. The normalized spacial score (nSPS) is 10.2. The van der Waals surface area contributed by atoms with E-state index in [2.05, 4.69) is 25.9 Å². The highest BCUT2D eigenvalue weighted by atomic mass is 79.9. The van der Waals surface area contributed by atoms with E-state index in [1.807, 2.05) is 24.3 Å². The zero-order valence-electron chi connectivity index (χ0n) is 9.34. The van der Waals surface area contributed by atoms with Gasteiger partial charge in [-0.3, -0.25) is 9.97 Å². The van der Waals surface area contributed by atoms with Gasteiger partial charge in [0.1, 0.15) is 5.75 Å². The first kappa shape index (κ1) is 12.0. The van der Waals surface area contributed by atoms with Gasteiger partial charge in [-0.2, -0.15) is 0 Å². The van der Waals surface area contributed by atoms with Gasteiger partial charge in [0.25, 0.3) is 0 Å². The van der Waals surface area contributed by atoms with Gasteiger partial charge in [-0.1, -0.05) is 15.9 Å². The number of halogens is 1. The van der Waals surface area contributed by atoms with E-state index in [4.69, 9.17) is 4.74 Å². The summed E-state index contributed by atoms with van der Waals surface area (Å²) in [5, 5.41) is 0.768. The van der Waals surface area contributed by atoms with E-state index < -0.39 is 0 Å². The van der Waals surface area contributed by atoms with E-state index in [1.54, 1.807) is 18.6 Å². The molecule has 2 aromatic rings. The maximum atomic E-state index is 5.61. The average Bonchev–Trinajstić information content (AvgIpc) is 2.41. The van der Waals surface area contributed by atoms with Crippen LogP contribution in [0.2, 0.25) is 0 Å². The third kappa shape index (κ3) is 3.82. The van der Waals surface area contributed by atoms with E-state index >= 15 is 0 Å². The zero-order chi connectivity index (χ0) is 11.9. The number of ether oxygens (including phenoxy) is 1. The topological polar surface area (TPSA) is 35.0 Å². The highest BCUT2D eigenvalue weighted by Gasteiger charge is 1.97. The van der Waals surface area contributed by atoms with Gasteiger partial charge in [-0.25, -0.2) is 0 Å². The van der Waals surface area contributed by atoms with Crippen LogP contribution in [0.3, 0.4) is 0 Å². The van der Waals surface area contributed by atoms with Gasteiger partial charge in [0.2, 0.25) is 0 Å². The van der Waals surface area contributed by atoms with E-state index in [1.165, 1.54) is 5.56 Å². The Morgan fingerprint density at radius 1 is 1.12 bits per heavy atom. The van der Waals surface area contributed by atoms with Crippen LogP contribution in [0.4, 0.5) is 0 Å². The Hall–Kier alpha value is -1.42. The number of aromatic nitrogens is 2. The quantitative estimate of drug-likeness (QED) is 0.795. The van der Waals surface area contributed by atoms with Crippen molar-refractivity contribution in [3.05, 3.63) is 54.1 Å². The monoisotopic (exact) mass is 292 g/mol. The number of hydrogen-bond donors (Lipinski definition) is 0. The molecule has 0 fully saturated rings. The number of rotatable bonds is 5. The smallest absolute Gasteiger partial charge is 0.137 e. The summed E-state index contributed by atoms with van der Waals surface area (Å²) in [6.45, 7) is 0.652. The van der Waals surface area contributed by atoms with Crippen molar-refractivity contribution in [3.63, 3.8) is 0 Å². The molecule has 88 valence electrons. The predicted molar refractivity (Wildman–Crippen MR) is 70.3 cm³/mol. The Kier molecular flexibility index (Phi) is 4.50. The first-order valence-corrected chi connectivity index (χ1v) is 6.53. The van der Waals surface area contributed by atoms with Gasteiger partial charge in [0.05, 0.1) is 18.5 Å². The Labute approximate surface area is 109 Å². The van der Waals surface area contributed by atoms with Crippen LogP contribution in [0.1, 0.15) is 11.3 Å². The molecule has 0 saturated heterocycles. The molecule has 0 radical (unpaired) electrons. The fourth-order valence-corrected chi connectivity index (χ4v) is 1.74. The van der Waals surface area contributed by atoms with Crippen molar-refractivity contribution >= 4 is 15.9 Å². The fraction of sp³-hybridized carbons (Fsp3) is 0.231. The highest BCUT2D eigenvalue weighted by Crippen LogP contribution is 2.11. The van der Waals surface area contributed by atoms with Crippen molar-refractivity contribution in [1.82, 2.24) is 9.97 Å². The molecule has 17 heavy (non-hydrogen) atoms. The Morgan fingerprint density at radius 3 is 2.59 bits per heavy atom. The first-order valence-electron chi connectivity index (χ1n) is 5.41. The Morgan fingerprint density at radius 2 is 1.94 bits per heavy atom. The lowest BCUT2D eigenvalue weighted by molar-refractivity contribution is 0.320. The standard InChI is InChI=1S/C13H13BrN2O/c14-9-12-1-2-13(10-16-12)17-8-5-11-3-6-15-7-4-11/h1-4,6-7,10H,5,8-9H2. The van der Waals surface area contributed by atoms with Crippen LogP contribution in [-0.4, -0.2) is 16.6 Å². The molecular weight excluding hydrogens is 280 g/mol. The molecule has 0 amide bonds. The molecule has 2 aromatic heterocycles. The molecule has 0 atom stereocenters. The van der Waals surface area contributed by atoms with E-state index in [0.29, 0.717) is 6.61 Å². The van der Waals surface area contributed by atoms with Gasteiger partial charge < -0.3 is 4.74 Å². The second-order valence-corrected chi connectivity index (χ2v) is 4.13. The molecule has 0 spiro atoms. The Bertz CT molecular complexity index is 445. The van der Waals surface area contributed by atoms with Crippen LogP contribution in [0.25, 0.3) is 0 Å². The highest BCUT2D eigenvalue weighted by molar-refractivity contribution is 9.08. The summed E-state index contributed by atoms with van der Waals surface area (Å²) >= 11 is 3.36. The second kappa shape index (κ2) is 6.35. The largest absolute Gasteiger partial charge is 0.492 e. The number of alkyl halides is 1. The molecule has 0 saturated carbocycles. The number of nitrogens with zero attached hydrogens (tertiary/aromatic N) is 2. The minimum atomic E-state index is 0.652. The Balaban J connectivity index is 1.82. The third-order valence-electron chi connectivity index (χ3n) is 2.34. The van der Waals surface area contributed by atoms with E-state index in [0.717, 1.165) is 23.2 Å². The molecule has 0 aliphatic rings. The summed E-state index contributed by atoms with van der Waals surface area (Å²) in [6.07, 6.45) is 6.22. The third-order valence-corrected chi connectivity index (χ3v) is 2.92. The molecule has 0 N–H and O–H groups in total. The predicted octanol–water partition coefficient (Wildman–Crippen LogP) is 2.99. The lowest BCUT2D eigenvalue weighted by Crippen LogP contribution is -2.01. The molecule has 2 heterocycles. The van der Waals surface area contributed by atoms with Gasteiger partial charge in [0, 0.05) is 24.1 Å². The van der Waals surface area contributed by atoms with Crippen LogP contribution in [0.15, 0.2) is 42.9 Å². The van der Waals surface area contributed by atoms with E-state index in [-0.39, 0.29) is 0 Å². The SMILES string of the molecule is BrCc1ccc(OCCc2ccncc2)cn1. The second-order valence-electron chi connectivity index (χ2n) is 3.57. The van der Waals surface area contributed by atoms with Crippen LogP contribution in [-0.2, 0) is 11.8 Å². The summed E-state index contributed by atoms with van der Waals surface area (Å²) in [6, 6.07) is 7.89. The zero-order valence-corrected chi connectivity index (χ0v) is 10.9. The van der Waals surface area contributed by atoms with Gasteiger partial charge in [0.15, 0.2) is 0 Å². The van der Waals surface area contributed by atoms with Gasteiger partial charge in [-0.15, -0.1) is 0 Å². The maximum Gasteiger partial charge on any atom is 0.137 e. The summed E-state index contributed by atoms with van der Waals surface area (Å²) in [5.41, 5.74) is 2.23. The molecule has 0 aliphatic heterocycles. The van der Waals surface area contributed by atoms with Crippen LogP contribution in [0.5, 0.6) is 5.75 Å². The minimum absolute atomic E-state index is 0.652. The lowest BCUT2D eigenvalue weighted by Gasteiger charge is -2.06. The van der Waals surface area contributed by atoms with Crippen molar-refractivity contribution in [3.8, 4) is 5.75 Å². The van der Waals surface area contributed by atoms with Gasteiger partial charge >= 0.3 is 0 Å². The molecule has 0 unspecified atom stereocenters. The van der Waals surface area contributed by atoms with Crippen molar-refractivity contribution in [2.24, 2.45) is 0 Å². The van der Waals surface area contributed by atoms with Gasteiger partial charge in [-0.05, 0) is 29.8 Å². The van der Waals surface area contributed by atoms with Crippen molar-refractivity contribution in [2.45, 2.75) is 11.8 Å². The molecule has 0 bridgehead atoms. The van der Waals surface area contributed by atoms with Crippen molar-refractivity contribution in [2.75, 3.05) is 6.61 Å². The van der Waals surface area contributed by atoms with Crippen molar-refractivity contribution in [1.29, 1.82) is 0 Å². The van der Waals surface area contributed by atoms with Crippen LogP contribution < -0.4 is 4.74 Å². The fourth-order valence-electron chi connectivity index (χ4n) is 1.41. The molecule has 2 rings (SSSR count). The maximum absolute atomic E-state index is 5.61. The summed E-state index contributed by atoms with van der Waals surface area (Å²) < 4.78 is 5.61. The minimum Gasteiger partial charge on any atom is -0.492 e. The number of hydrogen-bond acceptors (Lipinski definition) is 3. The van der Waals surface area contributed by atoms with Crippen LogP contribution in [0, 0.1) is 0 Å². The molecule has 0 aromatic carbocycles. The van der Waals surface area contributed by atoms with Crippen molar-refractivity contribution < 1.29 is 4.74 Å². The summed E-state index contributed by atoms with van der Waals surface area (Å²) in [4.78, 5) is 8.22. The summed E-state index contributed by atoms with van der Waals surface area (Å²) in [5.74, 6) is 0.809. The average molecular weight is 293 g/mol. The first-order chi connectivity index (χ1) is 8.38.